The number of rotatable bonds is 12. The monoisotopic (exact) mass is 500 g/mol. The van der Waals surface area contributed by atoms with E-state index >= 15 is 0 Å². The van der Waals surface area contributed by atoms with Crippen LogP contribution in [0.2, 0.25) is 0 Å². The zero-order valence-corrected chi connectivity index (χ0v) is 20.5. The number of benzene rings is 1. The Morgan fingerprint density at radius 3 is 2.67 bits per heavy atom. The van der Waals surface area contributed by atoms with Crippen LogP contribution in [0.4, 0.5) is 0 Å². The molecule has 8 N–H and O–H groups in total. The number of carbonyl (C=O) groups excluding carboxylic acids is 3. The van der Waals surface area contributed by atoms with Gasteiger partial charge in [0.05, 0.1) is 6.04 Å². The number of para-hydroxylation sites is 1. The molecule has 0 radical (unpaired) electrons. The Morgan fingerprint density at radius 2 is 1.94 bits per heavy atom. The largest absolute Gasteiger partial charge is 0.480 e. The number of nitrogens with zero attached hydrogens (tertiary/aromatic N) is 1. The number of amides is 3. The maximum Gasteiger partial charge on any atom is 0.325 e. The molecular formula is C25H36N6O5. The smallest absolute Gasteiger partial charge is 0.325 e. The fourth-order valence-electron chi connectivity index (χ4n) is 4.51. The van der Waals surface area contributed by atoms with Crippen LogP contribution < -0.4 is 22.1 Å². The van der Waals surface area contributed by atoms with E-state index in [0.717, 1.165) is 22.9 Å². The first-order valence-corrected chi connectivity index (χ1v) is 12.4. The molecule has 1 aromatic carbocycles. The van der Waals surface area contributed by atoms with Crippen LogP contribution in [-0.2, 0) is 25.6 Å². The number of unbranched alkanes of at least 4 members (excludes halogenated alkanes) is 1. The molecule has 1 aliphatic rings. The molecule has 1 fully saturated rings. The summed E-state index contributed by atoms with van der Waals surface area (Å²) in [5, 5.41) is 15.3. The summed E-state index contributed by atoms with van der Waals surface area (Å²) in [7, 11) is 0. The molecule has 4 atom stereocenters. The number of carbonyl (C=O) groups is 4. The Hall–Kier alpha value is -3.44. The van der Waals surface area contributed by atoms with Crippen molar-refractivity contribution >= 4 is 34.6 Å². The van der Waals surface area contributed by atoms with Gasteiger partial charge in [-0.25, -0.2) is 0 Å². The number of aliphatic carboxylic acids is 1. The van der Waals surface area contributed by atoms with Crippen molar-refractivity contribution in [2.24, 2.45) is 11.5 Å². The lowest BCUT2D eigenvalue weighted by atomic mass is 10.0. The van der Waals surface area contributed by atoms with E-state index in [1.54, 1.807) is 6.20 Å². The van der Waals surface area contributed by atoms with E-state index in [1.807, 2.05) is 24.3 Å². The van der Waals surface area contributed by atoms with E-state index < -0.39 is 47.9 Å². The number of hydrogen-bond donors (Lipinski definition) is 6. The molecule has 4 unspecified atom stereocenters. The van der Waals surface area contributed by atoms with Crippen molar-refractivity contribution in [1.29, 1.82) is 0 Å². The lowest BCUT2D eigenvalue weighted by molar-refractivity contribution is -0.144. The van der Waals surface area contributed by atoms with Crippen molar-refractivity contribution in [3.63, 3.8) is 0 Å². The number of carboxylic acids is 1. The average Bonchev–Trinajstić information content (AvgIpc) is 3.51. The number of nitrogens with one attached hydrogen (secondary N) is 3. The van der Waals surface area contributed by atoms with Gasteiger partial charge in [-0.05, 0) is 50.8 Å². The van der Waals surface area contributed by atoms with Gasteiger partial charge in [0.1, 0.15) is 18.1 Å². The van der Waals surface area contributed by atoms with Crippen molar-refractivity contribution in [3.05, 3.63) is 36.0 Å². The van der Waals surface area contributed by atoms with Gasteiger partial charge < -0.3 is 37.1 Å². The van der Waals surface area contributed by atoms with Gasteiger partial charge in [-0.2, -0.15) is 0 Å². The number of nitrogens with two attached hydrogens (primary N) is 2. The van der Waals surface area contributed by atoms with E-state index in [-0.39, 0.29) is 6.42 Å². The van der Waals surface area contributed by atoms with Crippen LogP contribution in [0.25, 0.3) is 10.9 Å². The van der Waals surface area contributed by atoms with Crippen molar-refractivity contribution < 1.29 is 24.3 Å². The van der Waals surface area contributed by atoms with Gasteiger partial charge >= 0.3 is 5.97 Å². The molecule has 3 rings (SSSR count). The first-order valence-electron chi connectivity index (χ1n) is 12.4. The first kappa shape index (κ1) is 27.2. The molecule has 36 heavy (non-hydrogen) atoms. The lowest BCUT2D eigenvalue weighted by Crippen LogP contribution is -2.57. The zero-order valence-electron chi connectivity index (χ0n) is 20.5. The van der Waals surface area contributed by atoms with Crippen molar-refractivity contribution in [3.8, 4) is 0 Å². The second-order valence-electron chi connectivity index (χ2n) is 9.27. The summed E-state index contributed by atoms with van der Waals surface area (Å²) < 4.78 is 0. The van der Waals surface area contributed by atoms with Crippen LogP contribution in [0.5, 0.6) is 0 Å². The van der Waals surface area contributed by atoms with Crippen LogP contribution in [-0.4, -0.2) is 75.9 Å². The average molecular weight is 501 g/mol. The predicted molar refractivity (Wildman–Crippen MR) is 135 cm³/mol. The molecule has 1 saturated heterocycles. The van der Waals surface area contributed by atoms with Crippen LogP contribution in [0.3, 0.4) is 0 Å². The maximum absolute atomic E-state index is 13.7. The molecule has 3 amide bonds. The van der Waals surface area contributed by atoms with Gasteiger partial charge in [-0.15, -0.1) is 0 Å². The number of aromatic nitrogens is 1. The minimum absolute atomic E-state index is 0.209. The quantitative estimate of drug-likeness (QED) is 0.225. The lowest BCUT2D eigenvalue weighted by Gasteiger charge is -2.29. The summed E-state index contributed by atoms with van der Waals surface area (Å²) in [5.74, 6) is -2.52. The van der Waals surface area contributed by atoms with E-state index in [4.69, 9.17) is 16.6 Å². The molecule has 1 aliphatic heterocycles. The number of fused-ring (bicyclic) bond motifs is 1. The first-order chi connectivity index (χ1) is 17.2. The van der Waals surface area contributed by atoms with E-state index in [2.05, 4.69) is 15.6 Å². The molecule has 2 aromatic rings. The molecule has 2 heterocycles. The second-order valence-corrected chi connectivity index (χ2v) is 9.27. The number of carboxylic acid groups (broad SMARTS) is 1. The summed E-state index contributed by atoms with van der Waals surface area (Å²) in [6.07, 6.45) is 4.91. The van der Waals surface area contributed by atoms with Gasteiger partial charge in [0.15, 0.2) is 0 Å². The second kappa shape index (κ2) is 12.5. The SMILES string of the molecule is CC(NC(=O)C1CCCN1C(=O)C(Cc1c[nH]c2ccccc12)NC(=O)C(N)CCCCN)C(=O)O. The third-order valence-corrected chi connectivity index (χ3v) is 6.59. The molecule has 0 bridgehead atoms. The Morgan fingerprint density at radius 1 is 1.19 bits per heavy atom. The Labute approximate surface area is 210 Å². The summed E-state index contributed by atoms with van der Waals surface area (Å²) in [5.41, 5.74) is 13.4. The minimum atomic E-state index is -1.16. The van der Waals surface area contributed by atoms with Crippen LogP contribution in [0.1, 0.15) is 44.6 Å². The van der Waals surface area contributed by atoms with E-state index in [9.17, 15) is 19.2 Å². The maximum atomic E-state index is 13.7. The molecule has 11 heteroatoms. The summed E-state index contributed by atoms with van der Waals surface area (Å²) in [6, 6.07) is 4.04. The highest BCUT2D eigenvalue weighted by Gasteiger charge is 2.39. The molecule has 0 saturated carbocycles. The number of hydrogen-bond acceptors (Lipinski definition) is 6. The number of aromatic amines is 1. The summed E-state index contributed by atoms with van der Waals surface area (Å²) in [4.78, 5) is 55.2. The minimum Gasteiger partial charge on any atom is -0.480 e. The van der Waals surface area contributed by atoms with Gasteiger partial charge in [-0.3, -0.25) is 19.2 Å². The molecule has 196 valence electrons. The topological polar surface area (TPSA) is 184 Å². The fourth-order valence-corrected chi connectivity index (χ4v) is 4.51. The highest BCUT2D eigenvalue weighted by atomic mass is 16.4. The molecular weight excluding hydrogens is 464 g/mol. The van der Waals surface area contributed by atoms with Crippen LogP contribution in [0.15, 0.2) is 30.5 Å². The van der Waals surface area contributed by atoms with Crippen molar-refractivity contribution in [2.45, 2.75) is 69.6 Å². The van der Waals surface area contributed by atoms with E-state index in [0.29, 0.717) is 38.8 Å². The predicted octanol–water partition coefficient (Wildman–Crippen LogP) is 0.232. The third-order valence-electron chi connectivity index (χ3n) is 6.59. The molecule has 11 nitrogen and oxygen atoms in total. The van der Waals surface area contributed by atoms with Crippen molar-refractivity contribution in [2.75, 3.05) is 13.1 Å². The third kappa shape index (κ3) is 6.61. The normalized spacial score (nSPS) is 18.0. The van der Waals surface area contributed by atoms with Gasteiger partial charge in [-0.1, -0.05) is 24.6 Å². The van der Waals surface area contributed by atoms with Crippen LogP contribution in [0, 0.1) is 0 Å². The van der Waals surface area contributed by atoms with Gasteiger partial charge in [0.25, 0.3) is 0 Å². The van der Waals surface area contributed by atoms with E-state index in [1.165, 1.54) is 11.8 Å². The highest BCUT2D eigenvalue weighted by Crippen LogP contribution is 2.23. The Balaban J connectivity index is 1.81. The molecule has 0 aliphatic carbocycles. The summed E-state index contributed by atoms with van der Waals surface area (Å²) >= 11 is 0. The zero-order chi connectivity index (χ0) is 26.2. The fraction of sp³-hybridized carbons (Fsp3) is 0.520. The number of likely N-dealkylation sites (tertiary alicyclic amines) is 1. The van der Waals surface area contributed by atoms with Gasteiger partial charge in [0, 0.05) is 30.1 Å². The molecule has 1 aromatic heterocycles. The number of H-pyrrole nitrogens is 1. The Kier molecular flexibility index (Phi) is 9.43. The Bertz CT molecular complexity index is 1090. The standard InChI is InChI=1S/C25H36N6O5/c1-15(25(35)36)29-23(33)21-10-6-12-31(21)24(34)20(30-22(32)18(27)8-4-5-11-26)13-16-14-28-19-9-3-2-7-17(16)19/h2-3,7,9,14-15,18,20-21,28H,4-6,8,10-13,26-27H2,1H3,(H,29,33)(H,30,32)(H,35,36). The van der Waals surface area contributed by atoms with Gasteiger partial charge in [0.2, 0.25) is 17.7 Å². The highest BCUT2D eigenvalue weighted by molar-refractivity contribution is 5.95. The van der Waals surface area contributed by atoms with Crippen LogP contribution >= 0.6 is 0 Å². The van der Waals surface area contributed by atoms with Crippen molar-refractivity contribution in [1.82, 2.24) is 20.5 Å². The summed E-state index contributed by atoms with van der Waals surface area (Å²) in [6.45, 7) is 2.21. The molecule has 0 spiro atoms.